The topological polar surface area (TPSA) is 83.9 Å². The molecule has 4 aromatic rings. The van der Waals surface area contributed by atoms with E-state index in [1.165, 1.54) is 23.6 Å². The van der Waals surface area contributed by atoms with Crippen LogP contribution in [0.1, 0.15) is 31.7 Å². The number of pyridine rings is 1. The predicted octanol–water partition coefficient (Wildman–Crippen LogP) is 4.96. The summed E-state index contributed by atoms with van der Waals surface area (Å²) in [6.07, 6.45) is 2.17. The molecule has 9 heteroatoms. The van der Waals surface area contributed by atoms with Crippen molar-refractivity contribution in [1.82, 2.24) is 20.4 Å². The van der Waals surface area contributed by atoms with Crippen LogP contribution in [0.2, 0.25) is 0 Å². The van der Waals surface area contributed by atoms with Crippen LogP contribution in [0, 0.1) is 5.92 Å². The van der Waals surface area contributed by atoms with E-state index in [2.05, 4.69) is 15.4 Å². The Kier molecular flexibility index (Phi) is 5.48. The predicted molar refractivity (Wildman–Crippen MR) is 111 cm³/mol. The Morgan fingerprint density at radius 2 is 2.03 bits per heavy atom. The fraction of sp³-hybridized carbons (Fsp3) is 0.286. The smallest absolute Gasteiger partial charge is 0.387 e. The van der Waals surface area contributed by atoms with Gasteiger partial charge in [0.25, 0.3) is 0 Å². The van der Waals surface area contributed by atoms with Gasteiger partial charge in [-0.05, 0) is 35.6 Å². The number of H-pyrrole nitrogens is 1. The van der Waals surface area contributed by atoms with Gasteiger partial charge in [-0.3, -0.25) is 0 Å². The Labute approximate surface area is 175 Å². The zero-order chi connectivity index (χ0) is 21.3. The number of aromatic nitrogens is 4. The lowest BCUT2D eigenvalue weighted by Crippen LogP contribution is -2.36. The lowest BCUT2D eigenvalue weighted by molar-refractivity contribution is -0.0493. The van der Waals surface area contributed by atoms with Crippen LogP contribution in [-0.4, -0.2) is 32.1 Å². The van der Waals surface area contributed by atoms with Gasteiger partial charge in [-0.25, -0.2) is 4.98 Å². The van der Waals surface area contributed by atoms with E-state index in [0.717, 1.165) is 4.88 Å². The molecule has 0 radical (unpaired) electrons. The quantitative estimate of drug-likeness (QED) is 0.433. The van der Waals surface area contributed by atoms with Crippen molar-refractivity contribution in [3.8, 4) is 16.2 Å². The fourth-order valence-corrected chi connectivity index (χ4v) is 4.37. The third-order valence-corrected chi connectivity index (χ3v) is 6.23. The van der Waals surface area contributed by atoms with Crippen LogP contribution in [0.15, 0.2) is 48.0 Å². The number of halogens is 2. The minimum absolute atomic E-state index is 0.0863. The third-order valence-electron chi connectivity index (χ3n) is 5.34. The number of hydrogen-bond acceptors (Lipinski definition) is 6. The average molecular weight is 430 g/mol. The zero-order valence-corrected chi connectivity index (χ0v) is 17.2. The maximum absolute atomic E-state index is 13.0. The van der Waals surface area contributed by atoms with E-state index in [1.807, 2.05) is 31.4 Å². The molecule has 0 aliphatic carbocycles. The molecule has 0 saturated heterocycles. The van der Waals surface area contributed by atoms with Crippen molar-refractivity contribution in [3.05, 3.63) is 59.4 Å². The molecule has 4 rings (SSSR count). The normalized spacial score (nSPS) is 14.7. The second-order valence-electron chi connectivity index (χ2n) is 6.99. The first-order chi connectivity index (χ1) is 14.4. The number of fused-ring (bicyclic) bond motifs is 1. The van der Waals surface area contributed by atoms with Gasteiger partial charge in [-0.15, -0.1) is 11.3 Å². The van der Waals surface area contributed by atoms with Crippen LogP contribution in [0.4, 0.5) is 8.78 Å². The van der Waals surface area contributed by atoms with Gasteiger partial charge in [0.05, 0.1) is 17.4 Å². The lowest BCUT2D eigenvalue weighted by Gasteiger charge is -2.31. The van der Waals surface area contributed by atoms with Crippen molar-refractivity contribution in [1.29, 1.82) is 0 Å². The molecule has 156 valence electrons. The van der Waals surface area contributed by atoms with Gasteiger partial charge in [0, 0.05) is 15.8 Å². The summed E-state index contributed by atoms with van der Waals surface area (Å²) in [6, 6.07) is 10.3. The summed E-state index contributed by atoms with van der Waals surface area (Å²) in [5.74, 6) is -0.103. The average Bonchev–Trinajstić information content (AvgIpc) is 3.46. The SMILES string of the molecule is CCC(C)C(O)(c1cn[nH]n1)c1ccc2c(-c3cccs3)c(OC(F)F)ccc2n1. The van der Waals surface area contributed by atoms with Gasteiger partial charge >= 0.3 is 6.61 Å². The number of nitrogens with zero attached hydrogens (tertiary/aromatic N) is 3. The summed E-state index contributed by atoms with van der Waals surface area (Å²) in [7, 11) is 0. The molecule has 2 unspecified atom stereocenters. The van der Waals surface area contributed by atoms with Gasteiger partial charge in [0.15, 0.2) is 5.60 Å². The molecule has 3 aromatic heterocycles. The van der Waals surface area contributed by atoms with E-state index >= 15 is 0 Å². The highest BCUT2D eigenvalue weighted by Crippen LogP contribution is 2.42. The zero-order valence-electron chi connectivity index (χ0n) is 16.3. The molecule has 0 aliphatic rings. The third kappa shape index (κ3) is 3.44. The molecule has 6 nitrogen and oxygen atoms in total. The Morgan fingerprint density at radius 1 is 1.20 bits per heavy atom. The maximum atomic E-state index is 13.0. The van der Waals surface area contributed by atoms with Crippen molar-refractivity contribution in [2.45, 2.75) is 32.5 Å². The molecule has 3 heterocycles. The molecule has 0 bridgehead atoms. The van der Waals surface area contributed by atoms with Crippen molar-refractivity contribution in [2.75, 3.05) is 0 Å². The van der Waals surface area contributed by atoms with Crippen LogP contribution in [0.25, 0.3) is 21.3 Å². The second kappa shape index (κ2) is 8.08. The summed E-state index contributed by atoms with van der Waals surface area (Å²) in [5.41, 5.74) is 0.452. The molecular weight excluding hydrogens is 410 g/mol. The van der Waals surface area contributed by atoms with Gasteiger partial charge < -0.3 is 9.84 Å². The number of benzene rings is 1. The van der Waals surface area contributed by atoms with Gasteiger partial charge in [0.2, 0.25) is 0 Å². The van der Waals surface area contributed by atoms with E-state index in [0.29, 0.717) is 34.3 Å². The summed E-state index contributed by atoms with van der Waals surface area (Å²) in [5, 5.41) is 24.6. The summed E-state index contributed by atoms with van der Waals surface area (Å²) >= 11 is 1.42. The molecular formula is C21H20F2N4O2S. The molecule has 0 aliphatic heterocycles. The Morgan fingerprint density at radius 3 is 2.67 bits per heavy atom. The number of aliphatic hydroxyl groups is 1. The largest absolute Gasteiger partial charge is 0.434 e. The van der Waals surface area contributed by atoms with Gasteiger partial charge in [0.1, 0.15) is 11.4 Å². The number of hydrogen-bond donors (Lipinski definition) is 2. The molecule has 0 fully saturated rings. The Hall–Kier alpha value is -2.91. The van der Waals surface area contributed by atoms with Gasteiger partial charge in [-0.1, -0.05) is 32.4 Å². The highest BCUT2D eigenvalue weighted by Gasteiger charge is 2.40. The van der Waals surface area contributed by atoms with Crippen LogP contribution in [0.3, 0.4) is 0 Å². The molecule has 0 spiro atoms. The lowest BCUT2D eigenvalue weighted by atomic mass is 9.81. The summed E-state index contributed by atoms with van der Waals surface area (Å²) in [4.78, 5) is 5.48. The van der Waals surface area contributed by atoms with Crippen LogP contribution >= 0.6 is 11.3 Å². The molecule has 2 atom stereocenters. The van der Waals surface area contributed by atoms with Crippen molar-refractivity contribution in [3.63, 3.8) is 0 Å². The van der Waals surface area contributed by atoms with E-state index in [9.17, 15) is 13.9 Å². The Balaban J connectivity index is 1.92. The number of rotatable bonds is 7. The van der Waals surface area contributed by atoms with Crippen LogP contribution in [-0.2, 0) is 5.60 Å². The van der Waals surface area contributed by atoms with E-state index in [4.69, 9.17) is 9.72 Å². The number of aromatic amines is 1. The summed E-state index contributed by atoms with van der Waals surface area (Å²) in [6.45, 7) is 0.952. The van der Waals surface area contributed by atoms with E-state index < -0.39 is 12.2 Å². The number of nitrogens with one attached hydrogen (secondary N) is 1. The van der Waals surface area contributed by atoms with Crippen LogP contribution in [0.5, 0.6) is 5.75 Å². The first-order valence-electron chi connectivity index (χ1n) is 9.46. The van der Waals surface area contributed by atoms with Crippen molar-refractivity contribution >= 4 is 22.2 Å². The highest BCUT2D eigenvalue weighted by atomic mass is 32.1. The monoisotopic (exact) mass is 430 g/mol. The number of ether oxygens (including phenoxy) is 1. The molecule has 1 aromatic carbocycles. The molecule has 30 heavy (non-hydrogen) atoms. The van der Waals surface area contributed by atoms with Crippen LogP contribution < -0.4 is 4.74 Å². The Bertz CT molecular complexity index is 1140. The minimum atomic E-state index is -2.93. The second-order valence-corrected chi connectivity index (χ2v) is 7.94. The van der Waals surface area contributed by atoms with E-state index in [-0.39, 0.29) is 11.7 Å². The fourth-order valence-electron chi connectivity index (χ4n) is 3.58. The standard InChI is InChI=1S/C21H20F2N4O2S/c1-3-12(2)21(28,18-11-24-27-26-18)17-9-6-13-14(25-17)7-8-15(29-20(22)23)19(13)16-5-4-10-30-16/h4-12,20,28H,3H2,1-2H3,(H,24,26,27). The number of alkyl halides is 2. The molecule has 0 saturated carbocycles. The van der Waals surface area contributed by atoms with Crippen molar-refractivity contribution < 1.29 is 18.6 Å². The molecule has 2 N–H and O–H groups in total. The van der Waals surface area contributed by atoms with E-state index in [1.54, 1.807) is 18.2 Å². The molecule has 0 amide bonds. The minimum Gasteiger partial charge on any atom is -0.434 e. The highest BCUT2D eigenvalue weighted by molar-refractivity contribution is 7.13. The van der Waals surface area contributed by atoms with Crippen molar-refractivity contribution in [2.24, 2.45) is 5.92 Å². The first kappa shape index (κ1) is 20.4. The van der Waals surface area contributed by atoms with Gasteiger partial charge in [-0.2, -0.15) is 24.2 Å². The summed E-state index contributed by atoms with van der Waals surface area (Å²) < 4.78 is 30.7. The maximum Gasteiger partial charge on any atom is 0.387 e. The first-order valence-corrected chi connectivity index (χ1v) is 10.3. The number of thiophene rings is 1.